The maximum atomic E-state index is 11.9. The van der Waals surface area contributed by atoms with Crippen molar-refractivity contribution in [1.82, 2.24) is 10.3 Å². The van der Waals surface area contributed by atoms with Gasteiger partial charge in [0.05, 0.1) is 12.2 Å². The molecule has 0 radical (unpaired) electrons. The number of halogens is 1. The first kappa shape index (κ1) is 14.5. The highest BCUT2D eigenvalue weighted by atomic mass is 79.9. The lowest BCUT2D eigenvalue weighted by atomic mass is 10.3. The van der Waals surface area contributed by atoms with Crippen molar-refractivity contribution in [2.45, 2.75) is 19.6 Å². The van der Waals surface area contributed by atoms with Crippen LogP contribution in [0, 0.1) is 0 Å². The molecule has 0 fully saturated rings. The Morgan fingerprint density at radius 2 is 2.05 bits per heavy atom. The summed E-state index contributed by atoms with van der Waals surface area (Å²) in [5.41, 5.74) is 0.816. The van der Waals surface area contributed by atoms with Gasteiger partial charge < -0.3 is 10.1 Å². The number of hydrogen-bond acceptors (Lipinski definition) is 3. The van der Waals surface area contributed by atoms with Crippen LogP contribution in [0.5, 0.6) is 5.75 Å². The molecule has 0 aliphatic rings. The number of benzene rings is 1. The summed E-state index contributed by atoms with van der Waals surface area (Å²) in [6.45, 7) is 2.11. The lowest BCUT2D eigenvalue weighted by Crippen LogP contribution is -2.36. The fraction of sp³-hybridized carbons (Fsp3) is 0.200. The number of pyridine rings is 1. The van der Waals surface area contributed by atoms with Crippen molar-refractivity contribution in [3.8, 4) is 5.75 Å². The third-order valence-electron chi connectivity index (χ3n) is 2.67. The zero-order chi connectivity index (χ0) is 14.4. The van der Waals surface area contributed by atoms with Gasteiger partial charge in [-0.25, -0.2) is 0 Å². The van der Waals surface area contributed by atoms with Gasteiger partial charge in [0.15, 0.2) is 6.10 Å². The molecule has 5 heteroatoms. The van der Waals surface area contributed by atoms with E-state index in [1.807, 2.05) is 42.5 Å². The van der Waals surface area contributed by atoms with Gasteiger partial charge in [-0.2, -0.15) is 0 Å². The topological polar surface area (TPSA) is 51.2 Å². The minimum Gasteiger partial charge on any atom is -0.481 e. The van der Waals surface area contributed by atoms with Crippen molar-refractivity contribution in [3.05, 3.63) is 58.8 Å². The Bertz CT molecular complexity index is 558. The number of ether oxygens (including phenoxy) is 1. The summed E-state index contributed by atoms with van der Waals surface area (Å²) in [7, 11) is 0. The van der Waals surface area contributed by atoms with Crippen molar-refractivity contribution in [2.75, 3.05) is 0 Å². The fourth-order valence-electron chi connectivity index (χ4n) is 1.59. The van der Waals surface area contributed by atoms with Crippen LogP contribution in [0.1, 0.15) is 12.6 Å². The lowest BCUT2D eigenvalue weighted by molar-refractivity contribution is -0.127. The van der Waals surface area contributed by atoms with Gasteiger partial charge in [-0.05, 0) is 43.3 Å². The minimum atomic E-state index is -0.556. The summed E-state index contributed by atoms with van der Waals surface area (Å²) < 4.78 is 6.54. The molecule has 104 valence electrons. The number of carbonyl (C=O) groups excluding carboxylic acids is 1. The predicted molar refractivity (Wildman–Crippen MR) is 80.3 cm³/mol. The van der Waals surface area contributed by atoms with E-state index in [0.717, 1.165) is 10.2 Å². The summed E-state index contributed by atoms with van der Waals surface area (Å²) in [5.74, 6) is 0.493. The fourth-order valence-corrected chi connectivity index (χ4v) is 1.86. The Kier molecular flexibility index (Phi) is 5.12. The molecule has 1 atom stereocenters. The number of aromatic nitrogens is 1. The molecular formula is C15H15BrN2O2. The van der Waals surface area contributed by atoms with E-state index in [2.05, 4.69) is 26.2 Å². The average molecular weight is 335 g/mol. The monoisotopic (exact) mass is 334 g/mol. The summed E-state index contributed by atoms with van der Waals surface area (Å²) in [6, 6.07) is 12.9. The van der Waals surface area contributed by atoms with E-state index < -0.39 is 6.10 Å². The van der Waals surface area contributed by atoms with Crippen LogP contribution in [0.3, 0.4) is 0 Å². The second kappa shape index (κ2) is 7.05. The van der Waals surface area contributed by atoms with Crippen LogP contribution in [0.25, 0.3) is 0 Å². The number of amides is 1. The van der Waals surface area contributed by atoms with Gasteiger partial charge in [-0.3, -0.25) is 9.78 Å². The predicted octanol–water partition coefficient (Wildman–Crippen LogP) is 2.93. The van der Waals surface area contributed by atoms with Crippen LogP contribution in [-0.4, -0.2) is 17.0 Å². The zero-order valence-corrected chi connectivity index (χ0v) is 12.6. The second-order valence-corrected chi connectivity index (χ2v) is 5.17. The van der Waals surface area contributed by atoms with Gasteiger partial charge in [0.1, 0.15) is 5.75 Å². The van der Waals surface area contributed by atoms with Gasteiger partial charge in [-0.1, -0.05) is 22.0 Å². The molecule has 4 nitrogen and oxygen atoms in total. The number of hydrogen-bond donors (Lipinski definition) is 1. The highest BCUT2D eigenvalue weighted by Gasteiger charge is 2.14. The molecule has 1 aromatic carbocycles. The third-order valence-corrected chi connectivity index (χ3v) is 3.19. The van der Waals surface area contributed by atoms with Crippen LogP contribution in [0.4, 0.5) is 0 Å². The molecular weight excluding hydrogens is 320 g/mol. The molecule has 0 saturated carbocycles. The molecule has 0 aliphatic carbocycles. The maximum absolute atomic E-state index is 11.9. The van der Waals surface area contributed by atoms with Crippen LogP contribution < -0.4 is 10.1 Å². The van der Waals surface area contributed by atoms with E-state index in [1.54, 1.807) is 13.1 Å². The van der Waals surface area contributed by atoms with Crippen molar-refractivity contribution in [1.29, 1.82) is 0 Å². The molecule has 1 N–H and O–H groups in total. The van der Waals surface area contributed by atoms with Crippen molar-refractivity contribution in [2.24, 2.45) is 0 Å². The standard InChI is InChI=1S/C15H15BrN2O2/c1-11(20-14-7-5-12(16)6-8-14)15(19)18-10-13-4-2-3-9-17-13/h2-9,11H,10H2,1H3,(H,18,19)/t11-/m0/s1. The molecule has 2 rings (SSSR count). The molecule has 1 heterocycles. The number of nitrogens with one attached hydrogen (secondary N) is 1. The third kappa shape index (κ3) is 4.35. The SMILES string of the molecule is C[C@H](Oc1ccc(Br)cc1)C(=O)NCc1ccccn1. The normalized spacial score (nSPS) is 11.7. The first-order valence-corrected chi connectivity index (χ1v) is 7.04. The molecule has 0 saturated heterocycles. The Morgan fingerprint density at radius 3 is 2.70 bits per heavy atom. The first-order chi connectivity index (χ1) is 9.65. The first-order valence-electron chi connectivity index (χ1n) is 6.25. The van der Waals surface area contributed by atoms with Gasteiger partial charge in [-0.15, -0.1) is 0 Å². The molecule has 0 bridgehead atoms. The largest absolute Gasteiger partial charge is 0.481 e. The Morgan fingerprint density at radius 1 is 1.30 bits per heavy atom. The molecule has 2 aromatic rings. The number of nitrogens with zero attached hydrogens (tertiary/aromatic N) is 1. The molecule has 0 spiro atoms. The van der Waals surface area contributed by atoms with E-state index >= 15 is 0 Å². The number of carbonyl (C=O) groups is 1. The average Bonchev–Trinajstić information content (AvgIpc) is 2.48. The van der Waals surface area contributed by atoms with E-state index in [-0.39, 0.29) is 5.91 Å². The van der Waals surface area contributed by atoms with E-state index in [4.69, 9.17) is 4.74 Å². The Hall–Kier alpha value is -1.88. The highest BCUT2D eigenvalue weighted by Crippen LogP contribution is 2.17. The summed E-state index contributed by atoms with van der Waals surface area (Å²) in [5, 5.41) is 2.79. The lowest BCUT2D eigenvalue weighted by Gasteiger charge is -2.14. The molecule has 1 aromatic heterocycles. The summed E-state index contributed by atoms with van der Waals surface area (Å²) in [6.07, 6.45) is 1.14. The van der Waals surface area contributed by atoms with E-state index in [9.17, 15) is 4.79 Å². The molecule has 20 heavy (non-hydrogen) atoms. The van der Waals surface area contributed by atoms with Crippen LogP contribution >= 0.6 is 15.9 Å². The van der Waals surface area contributed by atoms with Crippen molar-refractivity contribution in [3.63, 3.8) is 0 Å². The molecule has 0 aliphatic heterocycles. The van der Waals surface area contributed by atoms with Gasteiger partial charge in [0, 0.05) is 10.7 Å². The van der Waals surface area contributed by atoms with Crippen molar-refractivity contribution >= 4 is 21.8 Å². The second-order valence-electron chi connectivity index (χ2n) is 4.25. The van der Waals surface area contributed by atoms with Crippen LogP contribution in [0.2, 0.25) is 0 Å². The van der Waals surface area contributed by atoms with Crippen molar-refractivity contribution < 1.29 is 9.53 Å². The zero-order valence-electron chi connectivity index (χ0n) is 11.0. The smallest absolute Gasteiger partial charge is 0.261 e. The summed E-state index contributed by atoms with van der Waals surface area (Å²) >= 11 is 3.35. The quantitative estimate of drug-likeness (QED) is 0.914. The van der Waals surface area contributed by atoms with E-state index in [1.165, 1.54) is 0 Å². The van der Waals surface area contributed by atoms with E-state index in [0.29, 0.717) is 12.3 Å². The number of rotatable bonds is 5. The Labute approximate surface area is 126 Å². The Balaban J connectivity index is 1.84. The summed E-state index contributed by atoms with van der Waals surface area (Å²) in [4.78, 5) is 16.1. The minimum absolute atomic E-state index is 0.168. The van der Waals surface area contributed by atoms with Crippen LogP contribution in [0.15, 0.2) is 53.1 Å². The highest BCUT2D eigenvalue weighted by molar-refractivity contribution is 9.10. The van der Waals surface area contributed by atoms with Crippen LogP contribution in [-0.2, 0) is 11.3 Å². The van der Waals surface area contributed by atoms with Gasteiger partial charge in [0.25, 0.3) is 5.91 Å². The van der Waals surface area contributed by atoms with Gasteiger partial charge in [0.2, 0.25) is 0 Å². The molecule has 1 amide bonds. The molecule has 0 unspecified atom stereocenters. The van der Waals surface area contributed by atoms with Gasteiger partial charge >= 0.3 is 0 Å². The maximum Gasteiger partial charge on any atom is 0.261 e.